The van der Waals surface area contributed by atoms with Crippen LogP contribution in [0.4, 0.5) is 0 Å². The molecule has 0 aliphatic carbocycles. The van der Waals surface area contributed by atoms with Gasteiger partial charge in [0.1, 0.15) is 0 Å². The molecule has 1 unspecified atom stereocenters. The van der Waals surface area contributed by atoms with Gasteiger partial charge in [0, 0.05) is 6.61 Å². The summed E-state index contributed by atoms with van der Waals surface area (Å²) in [5, 5.41) is 7.39. The van der Waals surface area contributed by atoms with Gasteiger partial charge in [-0.25, -0.2) is 8.42 Å². The lowest BCUT2D eigenvalue weighted by atomic mass is 10.3. The fourth-order valence-electron chi connectivity index (χ4n) is 1.15. The minimum absolute atomic E-state index is 0.0694. The quantitative estimate of drug-likeness (QED) is 0.629. The predicted octanol–water partition coefficient (Wildman–Crippen LogP) is 0.691. The Kier molecular flexibility index (Phi) is 6.51. The molecule has 5 nitrogen and oxygen atoms in total. The standard InChI is InChI=1S/C9H18O5S/c1-3-5-14-6-7-15(12,13)8(4-2)9(10)11/h8H,3-7H2,1-2H3,(H,10,11). The lowest BCUT2D eigenvalue weighted by Crippen LogP contribution is -2.32. The van der Waals surface area contributed by atoms with Gasteiger partial charge in [0.2, 0.25) is 0 Å². The molecule has 0 aromatic heterocycles. The molecule has 0 aliphatic rings. The minimum Gasteiger partial charge on any atom is -0.480 e. The fourth-order valence-corrected chi connectivity index (χ4v) is 2.60. The number of carbonyl (C=O) groups is 1. The number of carboxylic acid groups (broad SMARTS) is 1. The fraction of sp³-hybridized carbons (Fsp3) is 0.889. The van der Waals surface area contributed by atoms with Crippen LogP contribution in [-0.2, 0) is 19.4 Å². The third-order valence-corrected chi connectivity index (χ3v) is 4.08. The molecule has 6 heteroatoms. The first-order valence-electron chi connectivity index (χ1n) is 4.97. The van der Waals surface area contributed by atoms with Gasteiger partial charge in [-0.05, 0) is 12.8 Å². The van der Waals surface area contributed by atoms with Gasteiger partial charge < -0.3 is 9.84 Å². The number of hydrogen-bond donors (Lipinski definition) is 1. The van der Waals surface area contributed by atoms with Gasteiger partial charge in [-0.15, -0.1) is 0 Å². The molecule has 0 rings (SSSR count). The van der Waals surface area contributed by atoms with Crippen molar-refractivity contribution in [3.05, 3.63) is 0 Å². The van der Waals surface area contributed by atoms with E-state index in [-0.39, 0.29) is 18.8 Å². The van der Waals surface area contributed by atoms with E-state index in [0.717, 1.165) is 6.42 Å². The summed E-state index contributed by atoms with van der Waals surface area (Å²) in [6.45, 7) is 4.03. The lowest BCUT2D eigenvalue weighted by Gasteiger charge is -2.11. The van der Waals surface area contributed by atoms with Crippen molar-refractivity contribution < 1.29 is 23.1 Å². The first kappa shape index (κ1) is 14.4. The molecule has 0 aliphatic heterocycles. The molecular formula is C9H18O5S. The van der Waals surface area contributed by atoms with Crippen LogP contribution >= 0.6 is 0 Å². The molecule has 0 aromatic carbocycles. The Hall–Kier alpha value is -0.620. The second-order valence-corrected chi connectivity index (χ2v) is 5.52. The highest BCUT2D eigenvalue weighted by atomic mass is 32.2. The van der Waals surface area contributed by atoms with E-state index in [1.165, 1.54) is 0 Å². The minimum atomic E-state index is -3.58. The zero-order chi connectivity index (χ0) is 11.9. The third kappa shape index (κ3) is 5.13. The van der Waals surface area contributed by atoms with Crippen molar-refractivity contribution in [1.29, 1.82) is 0 Å². The van der Waals surface area contributed by atoms with Gasteiger partial charge in [0.05, 0.1) is 12.4 Å². The average Bonchev–Trinajstić information content (AvgIpc) is 2.12. The SMILES string of the molecule is CCCOCCS(=O)(=O)C(CC)C(=O)O. The van der Waals surface area contributed by atoms with Crippen LogP contribution in [0.2, 0.25) is 0 Å². The summed E-state index contributed by atoms with van der Waals surface area (Å²) in [4.78, 5) is 10.6. The van der Waals surface area contributed by atoms with Crippen LogP contribution in [0.3, 0.4) is 0 Å². The van der Waals surface area contributed by atoms with Crippen molar-refractivity contribution in [3.8, 4) is 0 Å². The summed E-state index contributed by atoms with van der Waals surface area (Å²) in [6, 6.07) is 0. The van der Waals surface area contributed by atoms with Crippen LogP contribution in [0.5, 0.6) is 0 Å². The Morgan fingerprint density at radius 3 is 2.33 bits per heavy atom. The normalized spacial score (nSPS) is 13.7. The zero-order valence-electron chi connectivity index (χ0n) is 9.10. The van der Waals surface area contributed by atoms with E-state index >= 15 is 0 Å². The third-order valence-electron chi connectivity index (χ3n) is 1.94. The second-order valence-electron chi connectivity index (χ2n) is 3.21. The predicted molar refractivity (Wildman–Crippen MR) is 56.6 cm³/mol. The summed E-state index contributed by atoms with van der Waals surface area (Å²) >= 11 is 0. The van der Waals surface area contributed by atoms with Crippen molar-refractivity contribution in [2.45, 2.75) is 31.9 Å². The molecule has 0 radical (unpaired) electrons. The Morgan fingerprint density at radius 1 is 1.33 bits per heavy atom. The Morgan fingerprint density at radius 2 is 1.93 bits per heavy atom. The molecule has 0 amide bonds. The van der Waals surface area contributed by atoms with E-state index in [4.69, 9.17) is 9.84 Å². The molecular weight excluding hydrogens is 220 g/mol. The van der Waals surface area contributed by atoms with E-state index < -0.39 is 21.1 Å². The van der Waals surface area contributed by atoms with Gasteiger partial charge >= 0.3 is 5.97 Å². The van der Waals surface area contributed by atoms with Crippen molar-refractivity contribution in [3.63, 3.8) is 0 Å². The highest BCUT2D eigenvalue weighted by Gasteiger charge is 2.30. The molecule has 0 fully saturated rings. The number of hydrogen-bond acceptors (Lipinski definition) is 4. The van der Waals surface area contributed by atoms with Gasteiger partial charge in [0.25, 0.3) is 0 Å². The Balaban J connectivity index is 4.21. The van der Waals surface area contributed by atoms with Crippen LogP contribution in [0.1, 0.15) is 26.7 Å². The molecule has 0 saturated heterocycles. The van der Waals surface area contributed by atoms with Gasteiger partial charge in [-0.3, -0.25) is 4.79 Å². The summed E-state index contributed by atoms with van der Waals surface area (Å²) in [5.41, 5.74) is 0. The highest BCUT2D eigenvalue weighted by molar-refractivity contribution is 7.92. The zero-order valence-corrected chi connectivity index (χ0v) is 9.92. The van der Waals surface area contributed by atoms with Crippen molar-refractivity contribution in [1.82, 2.24) is 0 Å². The maximum atomic E-state index is 11.5. The van der Waals surface area contributed by atoms with Crippen molar-refractivity contribution >= 4 is 15.8 Å². The second kappa shape index (κ2) is 6.79. The smallest absolute Gasteiger partial charge is 0.321 e. The molecule has 0 aromatic rings. The van der Waals surface area contributed by atoms with E-state index in [0.29, 0.717) is 6.61 Å². The summed E-state index contributed by atoms with van der Waals surface area (Å²) in [7, 11) is -3.58. The monoisotopic (exact) mass is 238 g/mol. The number of aliphatic carboxylic acids is 1. The molecule has 0 spiro atoms. The summed E-state index contributed by atoms with van der Waals surface area (Å²) in [6.07, 6.45) is 0.904. The molecule has 0 heterocycles. The largest absolute Gasteiger partial charge is 0.480 e. The van der Waals surface area contributed by atoms with E-state index in [1.54, 1.807) is 6.92 Å². The van der Waals surface area contributed by atoms with Crippen LogP contribution in [-0.4, -0.2) is 43.7 Å². The van der Waals surface area contributed by atoms with Gasteiger partial charge in [-0.2, -0.15) is 0 Å². The van der Waals surface area contributed by atoms with E-state index in [2.05, 4.69) is 0 Å². The molecule has 1 N–H and O–H groups in total. The van der Waals surface area contributed by atoms with Gasteiger partial charge in [-0.1, -0.05) is 13.8 Å². The first-order valence-corrected chi connectivity index (χ1v) is 6.69. The molecule has 0 bridgehead atoms. The molecule has 15 heavy (non-hydrogen) atoms. The highest BCUT2D eigenvalue weighted by Crippen LogP contribution is 2.07. The van der Waals surface area contributed by atoms with Crippen LogP contribution in [0.25, 0.3) is 0 Å². The number of carboxylic acids is 1. The van der Waals surface area contributed by atoms with Crippen LogP contribution in [0, 0.1) is 0 Å². The van der Waals surface area contributed by atoms with Crippen LogP contribution < -0.4 is 0 Å². The summed E-state index contributed by atoms with van der Waals surface area (Å²) < 4.78 is 28.0. The van der Waals surface area contributed by atoms with E-state index in [9.17, 15) is 13.2 Å². The molecule has 0 saturated carbocycles. The molecule has 90 valence electrons. The maximum Gasteiger partial charge on any atom is 0.321 e. The average molecular weight is 238 g/mol. The van der Waals surface area contributed by atoms with E-state index in [1.807, 2.05) is 6.92 Å². The lowest BCUT2D eigenvalue weighted by molar-refractivity contribution is -0.136. The molecule has 1 atom stereocenters. The van der Waals surface area contributed by atoms with Gasteiger partial charge in [0.15, 0.2) is 15.1 Å². The topological polar surface area (TPSA) is 80.7 Å². The number of ether oxygens (including phenoxy) is 1. The Labute approximate surface area is 90.4 Å². The summed E-state index contributed by atoms with van der Waals surface area (Å²) in [5.74, 6) is -1.51. The first-order chi connectivity index (χ1) is 6.95. The van der Waals surface area contributed by atoms with Crippen LogP contribution in [0.15, 0.2) is 0 Å². The Bertz CT molecular complexity index is 283. The number of rotatable bonds is 8. The maximum absolute atomic E-state index is 11.5. The number of sulfone groups is 1. The van der Waals surface area contributed by atoms with Crippen molar-refractivity contribution in [2.24, 2.45) is 0 Å². The van der Waals surface area contributed by atoms with Crippen molar-refractivity contribution in [2.75, 3.05) is 19.0 Å².